The molecule has 2 aliphatic rings. The third-order valence-corrected chi connectivity index (χ3v) is 7.37. The summed E-state index contributed by atoms with van der Waals surface area (Å²) >= 11 is 0. The van der Waals surface area contributed by atoms with Gasteiger partial charge >= 0.3 is 5.97 Å². The molecule has 2 N–H and O–H groups in total. The quantitative estimate of drug-likeness (QED) is 0.393. The third-order valence-electron chi connectivity index (χ3n) is 7.37. The minimum atomic E-state index is -0.607. The van der Waals surface area contributed by atoms with Crippen molar-refractivity contribution in [2.24, 2.45) is 0 Å². The van der Waals surface area contributed by atoms with Gasteiger partial charge in [0.15, 0.2) is 17.3 Å². The van der Waals surface area contributed by atoms with Gasteiger partial charge in [-0.15, -0.1) is 0 Å². The maximum atomic E-state index is 13.8. The molecule has 1 aliphatic heterocycles. The van der Waals surface area contributed by atoms with Crippen molar-refractivity contribution in [3.8, 4) is 17.2 Å². The molecule has 39 heavy (non-hydrogen) atoms. The van der Waals surface area contributed by atoms with Crippen LogP contribution >= 0.6 is 0 Å². The highest BCUT2D eigenvalue weighted by atomic mass is 16.5. The monoisotopic (exact) mass is 525 g/mol. The average molecular weight is 526 g/mol. The Kier molecular flexibility index (Phi) is 7.41. The number of phenolic OH excluding ortho intramolecular Hbond substituents is 1. The number of nitrogens with one attached hydrogen (secondary N) is 1. The van der Waals surface area contributed by atoms with Crippen molar-refractivity contribution in [3.63, 3.8) is 0 Å². The minimum absolute atomic E-state index is 0.0394. The van der Waals surface area contributed by atoms with Crippen molar-refractivity contribution in [2.75, 3.05) is 14.2 Å². The number of ether oxygens (including phenoxy) is 3. The first-order valence-corrected chi connectivity index (χ1v) is 12.9. The van der Waals surface area contributed by atoms with Crippen LogP contribution in [0.4, 0.5) is 0 Å². The van der Waals surface area contributed by atoms with E-state index in [-0.39, 0.29) is 30.5 Å². The topological polar surface area (TPSA) is 94.1 Å². The first kappa shape index (κ1) is 26.1. The number of benzene rings is 3. The molecule has 200 valence electrons. The van der Waals surface area contributed by atoms with Gasteiger partial charge in [-0.3, -0.25) is 4.79 Å². The first-order valence-electron chi connectivity index (χ1n) is 12.9. The number of carbonyl (C=O) groups excluding carboxylic acids is 2. The average Bonchev–Trinajstić information content (AvgIpc) is 2.95. The number of carbonyl (C=O) groups is 2. The number of aromatic hydroxyl groups is 1. The molecule has 7 heteroatoms. The molecule has 0 fully saturated rings. The number of dihydropyridines is 1. The summed E-state index contributed by atoms with van der Waals surface area (Å²) in [5.41, 5.74) is 4.99. The second-order valence-corrected chi connectivity index (χ2v) is 9.78. The summed E-state index contributed by atoms with van der Waals surface area (Å²) < 4.78 is 16.6. The van der Waals surface area contributed by atoms with Gasteiger partial charge in [-0.25, -0.2) is 4.79 Å². The fourth-order valence-electron chi connectivity index (χ4n) is 5.45. The van der Waals surface area contributed by atoms with Gasteiger partial charge in [0.2, 0.25) is 0 Å². The molecule has 0 unspecified atom stereocenters. The number of ketones is 1. The lowest BCUT2D eigenvalue weighted by molar-refractivity contribution is -0.140. The van der Waals surface area contributed by atoms with Gasteiger partial charge < -0.3 is 24.6 Å². The fraction of sp³-hybridized carbons (Fsp3) is 0.250. The van der Waals surface area contributed by atoms with Crippen molar-refractivity contribution in [1.29, 1.82) is 0 Å². The Morgan fingerprint density at radius 1 is 0.923 bits per heavy atom. The summed E-state index contributed by atoms with van der Waals surface area (Å²) in [6.07, 6.45) is 0.880. The Labute approximate surface area is 227 Å². The van der Waals surface area contributed by atoms with Crippen molar-refractivity contribution >= 4 is 11.8 Å². The number of phenols is 1. The molecule has 7 nitrogen and oxygen atoms in total. The van der Waals surface area contributed by atoms with E-state index in [1.807, 2.05) is 55.5 Å². The summed E-state index contributed by atoms with van der Waals surface area (Å²) in [5.74, 6) is 0.154. The van der Waals surface area contributed by atoms with Gasteiger partial charge in [0, 0.05) is 29.3 Å². The molecule has 1 aliphatic carbocycles. The fourth-order valence-corrected chi connectivity index (χ4v) is 5.45. The second-order valence-electron chi connectivity index (χ2n) is 9.78. The largest absolute Gasteiger partial charge is 0.508 e. The molecule has 0 radical (unpaired) electrons. The van der Waals surface area contributed by atoms with Crippen LogP contribution in [0.3, 0.4) is 0 Å². The van der Waals surface area contributed by atoms with Crippen LogP contribution in [0.5, 0.6) is 17.2 Å². The highest BCUT2D eigenvalue weighted by molar-refractivity contribution is 6.04. The Morgan fingerprint density at radius 3 is 2.31 bits per heavy atom. The van der Waals surface area contributed by atoms with Gasteiger partial charge in [0.25, 0.3) is 0 Å². The Morgan fingerprint density at radius 2 is 1.62 bits per heavy atom. The van der Waals surface area contributed by atoms with Crippen molar-refractivity contribution < 1.29 is 28.9 Å². The maximum Gasteiger partial charge on any atom is 0.337 e. The Bertz CT molecular complexity index is 1460. The molecule has 0 amide bonds. The van der Waals surface area contributed by atoms with Crippen LogP contribution in [0.15, 0.2) is 95.3 Å². The van der Waals surface area contributed by atoms with E-state index in [2.05, 4.69) is 5.32 Å². The molecule has 0 saturated heterocycles. The van der Waals surface area contributed by atoms with E-state index < -0.39 is 11.9 Å². The van der Waals surface area contributed by atoms with E-state index in [4.69, 9.17) is 14.2 Å². The van der Waals surface area contributed by atoms with Crippen LogP contribution in [0.1, 0.15) is 48.3 Å². The number of allylic oxidation sites excluding steroid dienone is 3. The van der Waals surface area contributed by atoms with Crippen LogP contribution in [0.25, 0.3) is 0 Å². The van der Waals surface area contributed by atoms with Crippen LogP contribution in [-0.2, 0) is 20.9 Å². The molecule has 3 aromatic carbocycles. The van der Waals surface area contributed by atoms with Gasteiger partial charge in [0.05, 0.1) is 19.8 Å². The zero-order valence-corrected chi connectivity index (χ0v) is 22.2. The number of rotatable bonds is 7. The lowest BCUT2D eigenvalue weighted by atomic mass is 9.71. The standard InChI is InChI=1S/C32H31NO6/c1-19-29(32(36)39-18-20-7-5-4-6-8-20)30(21-9-12-24(34)13-10-21)31-25(33-19)15-23(16-26(31)35)22-11-14-27(37-2)28(17-22)38-3/h4-14,17,23,30,33-34H,15-16,18H2,1-3H3/t23-,30-/m1/s1. The summed E-state index contributed by atoms with van der Waals surface area (Å²) in [4.78, 5) is 27.3. The van der Waals surface area contributed by atoms with E-state index in [1.54, 1.807) is 38.5 Å². The Hall–Kier alpha value is -4.52. The molecule has 0 bridgehead atoms. The summed E-state index contributed by atoms with van der Waals surface area (Å²) in [6.45, 7) is 1.96. The van der Waals surface area contributed by atoms with Crippen LogP contribution in [-0.4, -0.2) is 31.1 Å². The third kappa shape index (κ3) is 5.25. The lowest BCUT2D eigenvalue weighted by Gasteiger charge is -2.36. The first-order chi connectivity index (χ1) is 18.9. The number of methoxy groups -OCH3 is 2. The number of hydrogen-bond acceptors (Lipinski definition) is 7. The zero-order chi connectivity index (χ0) is 27.5. The zero-order valence-electron chi connectivity index (χ0n) is 22.2. The molecule has 0 spiro atoms. The molecule has 0 saturated carbocycles. The van der Waals surface area contributed by atoms with Crippen molar-refractivity contribution in [1.82, 2.24) is 5.32 Å². The number of hydrogen-bond donors (Lipinski definition) is 2. The van der Waals surface area contributed by atoms with E-state index in [1.165, 1.54) is 0 Å². The van der Waals surface area contributed by atoms with Gasteiger partial charge in [-0.2, -0.15) is 0 Å². The molecule has 3 aromatic rings. The molecule has 5 rings (SSSR count). The summed E-state index contributed by atoms with van der Waals surface area (Å²) in [5, 5.41) is 13.3. The SMILES string of the molecule is COc1ccc([C@H]2CC(=O)C3=C(C2)NC(C)=C(C(=O)OCc2ccccc2)[C@H]3c2ccc(O)cc2)cc1OC. The highest BCUT2D eigenvalue weighted by Gasteiger charge is 2.41. The maximum absolute atomic E-state index is 13.8. The molecule has 0 aromatic heterocycles. The van der Waals surface area contributed by atoms with Crippen LogP contribution < -0.4 is 14.8 Å². The highest BCUT2D eigenvalue weighted by Crippen LogP contribution is 2.46. The summed E-state index contributed by atoms with van der Waals surface area (Å²) in [6, 6.07) is 21.8. The van der Waals surface area contributed by atoms with Crippen LogP contribution in [0, 0.1) is 0 Å². The van der Waals surface area contributed by atoms with Crippen molar-refractivity contribution in [2.45, 2.75) is 38.2 Å². The van der Waals surface area contributed by atoms with Gasteiger partial charge in [-0.1, -0.05) is 48.5 Å². The summed E-state index contributed by atoms with van der Waals surface area (Å²) in [7, 11) is 3.18. The van der Waals surface area contributed by atoms with Gasteiger partial charge in [0.1, 0.15) is 12.4 Å². The lowest BCUT2D eigenvalue weighted by Crippen LogP contribution is -2.36. The van der Waals surface area contributed by atoms with E-state index in [0.29, 0.717) is 34.8 Å². The molecular formula is C32H31NO6. The predicted octanol–water partition coefficient (Wildman–Crippen LogP) is 5.51. The van der Waals surface area contributed by atoms with E-state index in [0.717, 1.165) is 22.4 Å². The van der Waals surface area contributed by atoms with Crippen LogP contribution in [0.2, 0.25) is 0 Å². The number of esters is 1. The normalized spacial score (nSPS) is 18.8. The Balaban J connectivity index is 1.50. The van der Waals surface area contributed by atoms with E-state index >= 15 is 0 Å². The van der Waals surface area contributed by atoms with Crippen molar-refractivity contribution in [3.05, 3.63) is 112 Å². The number of Topliss-reactive ketones (excluding diaryl/α,β-unsaturated/α-hetero) is 1. The van der Waals surface area contributed by atoms with E-state index in [9.17, 15) is 14.7 Å². The second kappa shape index (κ2) is 11.1. The smallest absolute Gasteiger partial charge is 0.337 e. The predicted molar refractivity (Wildman–Crippen MR) is 146 cm³/mol. The molecule has 2 atom stereocenters. The molecular weight excluding hydrogens is 494 g/mol. The van der Waals surface area contributed by atoms with Gasteiger partial charge in [-0.05, 0) is 60.2 Å². The minimum Gasteiger partial charge on any atom is -0.508 e. The molecule has 1 heterocycles.